The number of rotatable bonds is 5. The average Bonchev–Trinajstić information content (AvgIpc) is 2.91. The van der Waals surface area contributed by atoms with Gasteiger partial charge in [0.1, 0.15) is 16.8 Å². The number of H-pyrrole nitrogens is 2. The van der Waals surface area contributed by atoms with Crippen LogP contribution >= 0.6 is 0 Å². The number of benzene rings is 1. The molecule has 1 aromatic carbocycles. The van der Waals surface area contributed by atoms with Crippen LogP contribution < -0.4 is 16.0 Å². The Morgan fingerprint density at radius 2 is 1.65 bits per heavy atom. The molecule has 3 aromatic rings. The maximum absolute atomic E-state index is 13.0. The number of nitrogens with one attached hydrogen (secondary N) is 2. The van der Waals surface area contributed by atoms with Crippen LogP contribution in [-0.2, 0) is 6.42 Å². The minimum Gasteiger partial charge on any atom is -0.406 e. The van der Waals surface area contributed by atoms with Crippen LogP contribution in [0, 0.1) is 5.92 Å². The van der Waals surface area contributed by atoms with Crippen LogP contribution in [0.5, 0.6) is 5.75 Å². The first-order chi connectivity index (χ1) is 14.2. The summed E-state index contributed by atoms with van der Waals surface area (Å²) in [6.45, 7) is 3.40. The van der Waals surface area contributed by atoms with Gasteiger partial charge in [-0.1, -0.05) is 26.0 Å². The summed E-state index contributed by atoms with van der Waals surface area (Å²) in [5.41, 5.74) is -2.38. The summed E-state index contributed by atoms with van der Waals surface area (Å²) in [5.74, 6) is -0.814. The molecule has 3 rings (SSSR count). The molecule has 0 aliphatic rings. The van der Waals surface area contributed by atoms with Crippen LogP contribution in [0.1, 0.15) is 31.1 Å². The molecule has 7 nitrogen and oxygen atoms in total. The molecule has 0 unspecified atom stereocenters. The SMILES string of the molecule is CC(C)[C@@H](c1ccc(OC(F)(F)F)cc1)n1nc(CC(F)(F)F)c2c(=O)[nH]c(=O)[nH]c21. The Morgan fingerprint density at radius 3 is 2.16 bits per heavy atom. The van der Waals surface area contributed by atoms with Crippen molar-refractivity contribution in [2.24, 2.45) is 5.92 Å². The van der Waals surface area contributed by atoms with E-state index in [-0.39, 0.29) is 11.6 Å². The molecule has 31 heavy (non-hydrogen) atoms. The van der Waals surface area contributed by atoms with Gasteiger partial charge in [-0.15, -0.1) is 13.2 Å². The summed E-state index contributed by atoms with van der Waals surface area (Å²) < 4.78 is 81.1. The second-order valence-corrected chi connectivity index (χ2v) is 7.12. The normalized spacial score (nSPS) is 13.7. The Morgan fingerprint density at radius 1 is 1.03 bits per heavy atom. The number of fused-ring (bicyclic) bond motifs is 1. The van der Waals surface area contributed by atoms with Crippen molar-refractivity contribution in [1.82, 2.24) is 19.7 Å². The molecule has 2 aromatic heterocycles. The first-order valence-electron chi connectivity index (χ1n) is 8.91. The third kappa shape index (κ3) is 5.09. The van der Waals surface area contributed by atoms with Gasteiger partial charge in [0.25, 0.3) is 5.56 Å². The fraction of sp³-hybridized carbons (Fsp3) is 0.389. The number of hydrogen-bond donors (Lipinski definition) is 2. The molecule has 0 bridgehead atoms. The zero-order valence-corrected chi connectivity index (χ0v) is 16.1. The molecule has 2 N–H and O–H groups in total. The van der Waals surface area contributed by atoms with E-state index in [0.717, 1.165) is 16.8 Å². The van der Waals surface area contributed by atoms with Crippen LogP contribution in [0.15, 0.2) is 33.9 Å². The molecule has 0 aliphatic heterocycles. The fourth-order valence-corrected chi connectivity index (χ4v) is 3.33. The van der Waals surface area contributed by atoms with Crippen molar-refractivity contribution >= 4 is 11.0 Å². The Bertz CT molecular complexity index is 1190. The Hall–Kier alpha value is -3.25. The minimum atomic E-state index is -4.88. The number of nitrogens with zero attached hydrogens (tertiary/aromatic N) is 2. The van der Waals surface area contributed by atoms with Gasteiger partial charge in [-0.3, -0.25) is 14.8 Å². The zero-order valence-electron chi connectivity index (χ0n) is 16.1. The van der Waals surface area contributed by atoms with Gasteiger partial charge in [-0.2, -0.15) is 18.3 Å². The Kier molecular flexibility index (Phi) is 5.63. The van der Waals surface area contributed by atoms with Crippen molar-refractivity contribution in [1.29, 1.82) is 0 Å². The van der Waals surface area contributed by atoms with Crippen LogP contribution in [0.2, 0.25) is 0 Å². The number of hydrogen-bond acceptors (Lipinski definition) is 4. The quantitative estimate of drug-likeness (QED) is 0.581. The van der Waals surface area contributed by atoms with Gasteiger partial charge in [0, 0.05) is 0 Å². The highest BCUT2D eigenvalue weighted by atomic mass is 19.4. The smallest absolute Gasteiger partial charge is 0.406 e. The van der Waals surface area contributed by atoms with E-state index >= 15 is 0 Å². The van der Waals surface area contributed by atoms with Crippen LogP contribution in [0.4, 0.5) is 26.3 Å². The predicted octanol–water partition coefficient (Wildman–Crippen LogP) is 3.66. The third-order valence-electron chi connectivity index (χ3n) is 4.39. The number of ether oxygens (including phenoxy) is 1. The van der Waals surface area contributed by atoms with E-state index in [9.17, 15) is 35.9 Å². The zero-order chi connectivity index (χ0) is 23.1. The first kappa shape index (κ1) is 22.4. The molecule has 0 radical (unpaired) electrons. The molecular weight excluding hydrogens is 434 g/mol. The lowest BCUT2D eigenvalue weighted by Crippen LogP contribution is -2.25. The molecule has 13 heteroatoms. The Labute approximate surface area is 169 Å². The highest BCUT2D eigenvalue weighted by Gasteiger charge is 2.34. The number of halogens is 6. The number of aromatic nitrogens is 4. The second-order valence-electron chi connectivity index (χ2n) is 7.12. The second kappa shape index (κ2) is 7.78. The van der Waals surface area contributed by atoms with Crippen LogP contribution in [-0.4, -0.2) is 32.3 Å². The largest absolute Gasteiger partial charge is 0.573 e. The molecule has 0 fully saturated rings. The number of alkyl halides is 6. The van der Waals surface area contributed by atoms with Gasteiger partial charge < -0.3 is 4.74 Å². The lowest BCUT2D eigenvalue weighted by Gasteiger charge is -2.23. The van der Waals surface area contributed by atoms with Gasteiger partial charge in [0.2, 0.25) is 0 Å². The maximum Gasteiger partial charge on any atom is 0.573 e. The van der Waals surface area contributed by atoms with E-state index in [1.54, 1.807) is 13.8 Å². The third-order valence-corrected chi connectivity index (χ3v) is 4.39. The molecule has 168 valence electrons. The van der Waals surface area contributed by atoms with E-state index < -0.39 is 53.1 Å². The van der Waals surface area contributed by atoms with Gasteiger partial charge in [0.15, 0.2) is 0 Å². The summed E-state index contributed by atoms with van der Waals surface area (Å²) in [7, 11) is 0. The Balaban J connectivity index is 2.17. The van der Waals surface area contributed by atoms with Crippen molar-refractivity contribution < 1.29 is 31.1 Å². The minimum absolute atomic E-state index is 0.220. The lowest BCUT2D eigenvalue weighted by molar-refractivity contribution is -0.274. The predicted molar refractivity (Wildman–Crippen MR) is 96.8 cm³/mol. The van der Waals surface area contributed by atoms with Gasteiger partial charge in [-0.05, 0) is 23.6 Å². The van der Waals surface area contributed by atoms with Crippen LogP contribution in [0.3, 0.4) is 0 Å². The van der Waals surface area contributed by atoms with Gasteiger partial charge >= 0.3 is 18.2 Å². The highest BCUT2D eigenvalue weighted by Crippen LogP contribution is 2.32. The maximum atomic E-state index is 13.0. The fourth-order valence-electron chi connectivity index (χ4n) is 3.33. The van der Waals surface area contributed by atoms with E-state index in [0.29, 0.717) is 5.56 Å². The molecule has 0 amide bonds. The first-order valence-corrected chi connectivity index (χ1v) is 8.91. The van der Waals surface area contributed by atoms with Crippen molar-refractivity contribution in [3.63, 3.8) is 0 Å². The van der Waals surface area contributed by atoms with E-state index in [1.807, 2.05) is 4.98 Å². The summed E-state index contributed by atoms with van der Waals surface area (Å²) in [6, 6.07) is 3.90. The lowest BCUT2D eigenvalue weighted by atomic mass is 9.96. The van der Waals surface area contributed by atoms with E-state index in [2.05, 4.69) is 14.8 Å². The monoisotopic (exact) mass is 450 g/mol. The molecule has 1 atom stereocenters. The summed E-state index contributed by atoms with van der Waals surface area (Å²) in [5, 5.41) is 3.53. The van der Waals surface area contributed by atoms with Crippen LogP contribution in [0.25, 0.3) is 11.0 Å². The standard InChI is InChI=1S/C18H16F6N4O3/c1-8(2)13(9-3-5-10(6-4-9)31-18(22,23)24)28-14-12(15(29)26-16(30)25-14)11(27-28)7-17(19,20)21/h3-6,8,13H,7H2,1-2H3,(H2,25,26,29,30)/t13-/m0/s1. The molecule has 0 saturated carbocycles. The van der Waals surface area contributed by atoms with Crippen molar-refractivity contribution in [2.75, 3.05) is 0 Å². The van der Waals surface area contributed by atoms with E-state index in [1.165, 1.54) is 12.1 Å². The van der Waals surface area contributed by atoms with Crippen molar-refractivity contribution in [2.45, 2.75) is 38.8 Å². The summed E-state index contributed by atoms with van der Waals surface area (Å²) in [6.07, 6.45) is -11.1. The van der Waals surface area contributed by atoms with E-state index in [4.69, 9.17) is 0 Å². The summed E-state index contributed by atoms with van der Waals surface area (Å²) in [4.78, 5) is 28.1. The molecule has 2 heterocycles. The average molecular weight is 450 g/mol. The van der Waals surface area contributed by atoms with Crippen molar-refractivity contribution in [3.8, 4) is 5.75 Å². The van der Waals surface area contributed by atoms with Gasteiger partial charge in [0.05, 0.1) is 18.2 Å². The molecule has 0 aliphatic carbocycles. The molecule has 0 spiro atoms. The highest BCUT2D eigenvalue weighted by molar-refractivity contribution is 5.77. The molecular formula is C18H16F6N4O3. The molecule has 0 saturated heterocycles. The summed E-state index contributed by atoms with van der Waals surface area (Å²) >= 11 is 0. The topological polar surface area (TPSA) is 92.8 Å². The van der Waals surface area contributed by atoms with Gasteiger partial charge in [-0.25, -0.2) is 9.48 Å². The number of aromatic amines is 2. The van der Waals surface area contributed by atoms with Crippen molar-refractivity contribution in [3.05, 3.63) is 56.4 Å².